The first kappa shape index (κ1) is 15.2. The second-order valence-electron chi connectivity index (χ2n) is 5.86. The van der Waals surface area contributed by atoms with Gasteiger partial charge in [-0.2, -0.15) is 0 Å². The zero-order chi connectivity index (χ0) is 15.5. The van der Waals surface area contributed by atoms with Crippen molar-refractivity contribution in [2.75, 3.05) is 26.7 Å². The number of rotatable bonds is 5. The van der Waals surface area contributed by atoms with Gasteiger partial charge >= 0.3 is 0 Å². The van der Waals surface area contributed by atoms with Crippen molar-refractivity contribution >= 4 is 11.0 Å². The number of aliphatic hydroxyl groups excluding tert-OH is 1. The highest BCUT2D eigenvalue weighted by atomic mass is 19.1. The van der Waals surface area contributed by atoms with Crippen LogP contribution in [-0.2, 0) is 6.54 Å². The van der Waals surface area contributed by atoms with Crippen LogP contribution < -0.4 is 4.74 Å². The topological polar surface area (TPSA) is 50.5 Å². The highest BCUT2D eigenvalue weighted by Gasteiger charge is 2.17. The van der Waals surface area contributed by atoms with Gasteiger partial charge in [0.25, 0.3) is 0 Å². The summed E-state index contributed by atoms with van der Waals surface area (Å²) in [7, 11) is 1.45. The Labute approximate surface area is 129 Å². The van der Waals surface area contributed by atoms with Crippen LogP contribution >= 0.6 is 0 Å². The van der Waals surface area contributed by atoms with E-state index in [1.807, 2.05) is 4.57 Å². The Morgan fingerprint density at radius 3 is 3.05 bits per heavy atom. The molecule has 1 aliphatic rings. The number of halogens is 1. The number of aromatic nitrogens is 2. The summed E-state index contributed by atoms with van der Waals surface area (Å²) in [6.45, 7) is 3.54. The van der Waals surface area contributed by atoms with Gasteiger partial charge in [0, 0.05) is 25.2 Å². The fraction of sp³-hybridized carbons (Fsp3) is 0.562. The Hall–Kier alpha value is -1.66. The van der Waals surface area contributed by atoms with Gasteiger partial charge in [0.15, 0.2) is 11.6 Å². The lowest BCUT2D eigenvalue weighted by molar-refractivity contribution is 0.0696. The minimum atomic E-state index is -0.365. The molecular formula is C16H22FN3O2. The Kier molecular flexibility index (Phi) is 4.59. The van der Waals surface area contributed by atoms with E-state index in [0.717, 1.165) is 56.5 Å². The van der Waals surface area contributed by atoms with Crippen molar-refractivity contribution in [2.45, 2.75) is 31.9 Å². The predicted octanol–water partition coefficient (Wildman–Crippen LogP) is 2.03. The number of methoxy groups -OCH3 is 1. The smallest absolute Gasteiger partial charge is 0.167 e. The third kappa shape index (κ3) is 3.23. The molecule has 0 amide bonds. The number of aryl methyl sites for hydroxylation is 1. The molecule has 1 unspecified atom stereocenters. The monoisotopic (exact) mass is 307 g/mol. The number of imidazole rings is 1. The van der Waals surface area contributed by atoms with Crippen molar-refractivity contribution in [3.63, 3.8) is 0 Å². The lowest BCUT2D eigenvalue weighted by Gasteiger charge is -2.29. The first-order chi connectivity index (χ1) is 10.7. The van der Waals surface area contributed by atoms with E-state index in [-0.39, 0.29) is 17.7 Å². The second-order valence-corrected chi connectivity index (χ2v) is 5.86. The summed E-state index contributed by atoms with van der Waals surface area (Å²) in [4.78, 5) is 6.60. The first-order valence-corrected chi connectivity index (χ1v) is 7.76. The van der Waals surface area contributed by atoms with Gasteiger partial charge in [-0.1, -0.05) is 0 Å². The average Bonchev–Trinajstić information content (AvgIpc) is 2.89. The highest BCUT2D eigenvalue weighted by molar-refractivity contribution is 5.77. The van der Waals surface area contributed by atoms with Crippen LogP contribution in [0.3, 0.4) is 0 Å². The molecule has 2 heterocycles. The van der Waals surface area contributed by atoms with E-state index in [9.17, 15) is 9.50 Å². The molecule has 2 aromatic rings. The number of aliphatic hydroxyl groups is 1. The van der Waals surface area contributed by atoms with E-state index in [1.165, 1.54) is 13.2 Å². The third-order valence-corrected chi connectivity index (χ3v) is 4.25. The van der Waals surface area contributed by atoms with Gasteiger partial charge in [-0.15, -0.1) is 0 Å². The number of fused-ring (bicyclic) bond motifs is 1. The lowest BCUT2D eigenvalue weighted by Crippen LogP contribution is -2.38. The largest absolute Gasteiger partial charge is 0.494 e. The van der Waals surface area contributed by atoms with E-state index in [1.54, 1.807) is 12.4 Å². The second kappa shape index (κ2) is 6.62. The van der Waals surface area contributed by atoms with Crippen molar-refractivity contribution in [1.29, 1.82) is 0 Å². The maximum absolute atomic E-state index is 13.8. The molecular weight excluding hydrogens is 285 g/mol. The number of nitrogens with zero attached hydrogens (tertiary/aromatic N) is 3. The Morgan fingerprint density at radius 1 is 1.41 bits per heavy atom. The van der Waals surface area contributed by atoms with Gasteiger partial charge < -0.3 is 19.3 Å². The Balaban J connectivity index is 1.63. The highest BCUT2D eigenvalue weighted by Crippen LogP contribution is 2.24. The fourth-order valence-electron chi connectivity index (χ4n) is 3.09. The molecule has 0 aliphatic carbocycles. The summed E-state index contributed by atoms with van der Waals surface area (Å²) in [5.41, 5.74) is 1.53. The molecule has 0 saturated carbocycles. The van der Waals surface area contributed by atoms with Crippen molar-refractivity contribution < 1.29 is 14.2 Å². The van der Waals surface area contributed by atoms with Gasteiger partial charge in [-0.25, -0.2) is 9.37 Å². The van der Waals surface area contributed by atoms with Crippen LogP contribution in [0.2, 0.25) is 0 Å². The molecule has 1 aliphatic heterocycles. The van der Waals surface area contributed by atoms with Crippen molar-refractivity contribution in [2.24, 2.45) is 0 Å². The standard InChI is InChI=1S/C16H22FN3O2/c1-22-16-9-14-15(8-13(16)17)20(11-18-14)7-3-6-19-5-2-4-12(21)10-19/h8-9,11-12,21H,2-7,10H2,1H3. The molecule has 22 heavy (non-hydrogen) atoms. The van der Waals surface area contributed by atoms with Crippen LogP contribution in [0.1, 0.15) is 19.3 Å². The predicted molar refractivity (Wildman–Crippen MR) is 82.5 cm³/mol. The summed E-state index contributed by atoms with van der Waals surface area (Å²) >= 11 is 0. The number of ether oxygens (including phenoxy) is 1. The summed E-state index contributed by atoms with van der Waals surface area (Å²) < 4.78 is 20.8. The summed E-state index contributed by atoms with van der Waals surface area (Å²) in [6, 6.07) is 3.11. The zero-order valence-electron chi connectivity index (χ0n) is 12.8. The van der Waals surface area contributed by atoms with Gasteiger partial charge in [0.1, 0.15) is 0 Å². The molecule has 1 aromatic heterocycles. The van der Waals surface area contributed by atoms with E-state index >= 15 is 0 Å². The molecule has 0 bridgehead atoms. The van der Waals surface area contributed by atoms with Crippen LogP contribution in [0.4, 0.5) is 4.39 Å². The molecule has 1 saturated heterocycles. The number of benzene rings is 1. The van der Waals surface area contributed by atoms with E-state index in [4.69, 9.17) is 4.74 Å². The molecule has 6 heteroatoms. The maximum Gasteiger partial charge on any atom is 0.167 e. The van der Waals surface area contributed by atoms with Crippen LogP contribution in [-0.4, -0.2) is 52.4 Å². The molecule has 0 spiro atoms. The van der Waals surface area contributed by atoms with E-state index < -0.39 is 0 Å². The Bertz CT molecular complexity index is 644. The molecule has 1 fully saturated rings. The van der Waals surface area contributed by atoms with E-state index in [0.29, 0.717) is 0 Å². The number of hydrogen-bond acceptors (Lipinski definition) is 4. The summed E-state index contributed by atoms with van der Waals surface area (Å²) in [6.07, 6.45) is 4.47. The molecule has 3 rings (SSSR count). The summed E-state index contributed by atoms with van der Waals surface area (Å²) in [5.74, 6) is -0.143. The van der Waals surface area contributed by atoms with Crippen LogP contribution in [0, 0.1) is 5.82 Å². The number of piperidine rings is 1. The molecule has 5 nitrogen and oxygen atoms in total. The van der Waals surface area contributed by atoms with Gasteiger partial charge in [-0.05, 0) is 32.4 Å². The van der Waals surface area contributed by atoms with Crippen LogP contribution in [0.5, 0.6) is 5.75 Å². The van der Waals surface area contributed by atoms with Gasteiger partial charge in [0.05, 0.1) is 30.6 Å². The number of hydrogen-bond donors (Lipinski definition) is 1. The Morgan fingerprint density at radius 2 is 2.27 bits per heavy atom. The fourth-order valence-corrected chi connectivity index (χ4v) is 3.09. The summed E-state index contributed by atoms with van der Waals surface area (Å²) in [5, 5.41) is 9.67. The molecule has 120 valence electrons. The lowest BCUT2D eigenvalue weighted by atomic mass is 10.1. The zero-order valence-corrected chi connectivity index (χ0v) is 12.8. The molecule has 1 N–H and O–H groups in total. The SMILES string of the molecule is COc1cc2ncn(CCCN3CCCC(O)C3)c2cc1F. The first-order valence-electron chi connectivity index (χ1n) is 7.76. The maximum atomic E-state index is 13.8. The van der Waals surface area contributed by atoms with Gasteiger partial charge in [0.2, 0.25) is 0 Å². The number of likely N-dealkylation sites (tertiary alicyclic amines) is 1. The quantitative estimate of drug-likeness (QED) is 0.918. The molecule has 1 aromatic carbocycles. The molecule has 0 radical (unpaired) electrons. The van der Waals surface area contributed by atoms with Gasteiger partial charge in [-0.3, -0.25) is 0 Å². The third-order valence-electron chi connectivity index (χ3n) is 4.25. The van der Waals surface area contributed by atoms with Crippen molar-refractivity contribution in [1.82, 2.24) is 14.5 Å². The van der Waals surface area contributed by atoms with E-state index in [2.05, 4.69) is 9.88 Å². The van der Waals surface area contributed by atoms with Crippen LogP contribution in [0.25, 0.3) is 11.0 Å². The normalized spacial score (nSPS) is 19.7. The minimum absolute atomic E-state index is 0.190. The average molecular weight is 307 g/mol. The van der Waals surface area contributed by atoms with Crippen LogP contribution in [0.15, 0.2) is 18.5 Å². The minimum Gasteiger partial charge on any atom is -0.494 e. The molecule has 1 atom stereocenters. The van der Waals surface area contributed by atoms with Crippen molar-refractivity contribution in [3.8, 4) is 5.75 Å². The number of β-amino-alcohol motifs (C(OH)–C–C–N with tert-alkyl or cyclic N) is 1. The van der Waals surface area contributed by atoms with Crippen molar-refractivity contribution in [3.05, 3.63) is 24.3 Å².